The Balaban J connectivity index is 2.18. The highest BCUT2D eigenvalue weighted by molar-refractivity contribution is 7.12. The highest BCUT2D eigenvalue weighted by Gasteiger charge is 2.16. The quantitative estimate of drug-likeness (QED) is 0.861. The van der Waals surface area contributed by atoms with Gasteiger partial charge in [-0.15, -0.1) is 11.3 Å². The molecule has 0 bridgehead atoms. The molecule has 118 valence electrons. The number of carbonyl (C=O) groups is 1. The van der Waals surface area contributed by atoms with E-state index < -0.39 is 0 Å². The van der Waals surface area contributed by atoms with Gasteiger partial charge in [-0.05, 0) is 20.3 Å². The van der Waals surface area contributed by atoms with Gasteiger partial charge in [0.05, 0.1) is 29.8 Å². The number of aromatic nitrogens is 1. The SMILES string of the molecule is CCC(CO)NC(=O)Cc1sc(C)nc1-c1ccc(C)cc1. The molecule has 1 aromatic carbocycles. The lowest BCUT2D eigenvalue weighted by atomic mass is 10.1. The summed E-state index contributed by atoms with van der Waals surface area (Å²) in [6.07, 6.45) is 1.01. The third kappa shape index (κ3) is 4.15. The Hall–Kier alpha value is -1.72. The van der Waals surface area contributed by atoms with Crippen molar-refractivity contribution in [1.29, 1.82) is 0 Å². The molecule has 0 spiro atoms. The van der Waals surface area contributed by atoms with Gasteiger partial charge in [-0.1, -0.05) is 36.8 Å². The monoisotopic (exact) mass is 318 g/mol. The summed E-state index contributed by atoms with van der Waals surface area (Å²) in [5.74, 6) is -0.0714. The average Bonchev–Trinajstić information content (AvgIpc) is 2.86. The third-order valence-corrected chi connectivity index (χ3v) is 4.50. The Morgan fingerprint density at radius 3 is 2.59 bits per heavy atom. The van der Waals surface area contributed by atoms with Crippen molar-refractivity contribution in [3.63, 3.8) is 0 Å². The predicted molar refractivity (Wildman–Crippen MR) is 90.0 cm³/mol. The number of thiazole rings is 1. The molecule has 0 saturated carbocycles. The molecule has 1 atom stereocenters. The first kappa shape index (κ1) is 16.6. The van der Waals surface area contributed by atoms with E-state index in [0.29, 0.717) is 6.42 Å². The van der Waals surface area contributed by atoms with Crippen LogP contribution in [0.4, 0.5) is 0 Å². The first-order valence-electron chi connectivity index (χ1n) is 7.47. The smallest absolute Gasteiger partial charge is 0.225 e. The van der Waals surface area contributed by atoms with Crippen molar-refractivity contribution >= 4 is 17.2 Å². The van der Waals surface area contributed by atoms with Crippen LogP contribution in [0.3, 0.4) is 0 Å². The van der Waals surface area contributed by atoms with Gasteiger partial charge in [0.2, 0.25) is 5.91 Å². The van der Waals surface area contributed by atoms with E-state index in [1.165, 1.54) is 5.56 Å². The maximum atomic E-state index is 12.1. The largest absolute Gasteiger partial charge is 0.394 e. The lowest BCUT2D eigenvalue weighted by molar-refractivity contribution is -0.121. The van der Waals surface area contributed by atoms with Crippen LogP contribution in [-0.4, -0.2) is 28.6 Å². The Bertz CT molecular complexity index is 631. The molecular formula is C17H22N2O2S. The number of hydrogen-bond acceptors (Lipinski definition) is 4. The van der Waals surface area contributed by atoms with Gasteiger partial charge in [0.1, 0.15) is 0 Å². The molecule has 1 aromatic heterocycles. The molecule has 0 fully saturated rings. The second-order valence-electron chi connectivity index (χ2n) is 5.40. The van der Waals surface area contributed by atoms with Crippen molar-refractivity contribution in [3.8, 4) is 11.3 Å². The molecule has 1 unspecified atom stereocenters. The molecule has 0 aliphatic carbocycles. The minimum atomic E-state index is -0.177. The molecule has 22 heavy (non-hydrogen) atoms. The predicted octanol–water partition coefficient (Wildman–Crippen LogP) is 2.86. The second-order valence-corrected chi connectivity index (χ2v) is 6.69. The lowest BCUT2D eigenvalue weighted by Crippen LogP contribution is -2.37. The molecule has 1 amide bonds. The number of rotatable bonds is 6. The van der Waals surface area contributed by atoms with E-state index >= 15 is 0 Å². The van der Waals surface area contributed by atoms with Crippen LogP contribution >= 0.6 is 11.3 Å². The summed E-state index contributed by atoms with van der Waals surface area (Å²) in [5, 5.41) is 13.0. The van der Waals surface area contributed by atoms with Gasteiger partial charge in [-0.25, -0.2) is 4.98 Å². The third-order valence-electron chi connectivity index (χ3n) is 3.53. The minimum Gasteiger partial charge on any atom is -0.394 e. The zero-order valence-corrected chi connectivity index (χ0v) is 14.0. The highest BCUT2D eigenvalue weighted by atomic mass is 32.1. The van der Waals surface area contributed by atoms with E-state index in [1.807, 2.05) is 45.0 Å². The fourth-order valence-electron chi connectivity index (χ4n) is 2.23. The Morgan fingerprint density at radius 1 is 1.32 bits per heavy atom. The molecule has 0 aliphatic rings. The number of aliphatic hydroxyl groups is 1. The van der Waals surface area contributed by atoms with Crippen molar-refractivity contribution in [2.75, 3.05) is 6.61 Å². The molecule has 4 nitrogen and oxygen atoms in total. The number of amides is 1. The fraction of sp³-hybridized carbons (Fsp3) is 0.412. The van der Waals surface area contributed by atoms with Gasteiger partial charge in [0.15, 0.2) is 0 Å². The number of carbonyl (C=O) groups excluding carboxylic acids is 1. The van der Waals surface area contributed by atoms with Crippen LogP contribution in [0.5, 0.6) is 0 Å². The maximum Gasteiger partial charge on any atom is 0.225 e. The summed E-state index contributed by atoms with van der Waals surface area (Å²) in [6.45, 7) is 5.90. The summed E-state index contributed by atoms with van der Waals surface area (Å²) in [5.41, 5.74) is 3.12. The first-order chi connectivity index (χ1) is 10.5. The van der Waals surface area contributed by atoms with Crippen LogP contribution < -0.4 is 5.32 Å². The molecule has 1 heterocycles. The minimum absolute atomic E-state index is 0.0330. The van der Waals surface area contributed by atoms with Crippen LogP contribution in [0.2, 0.25) is 0 Å². The molecular weight excluding hydrogens is 296 g/mol. The molecule has 2 rings (SSSR count). The maximum absolute atomic E-state index is 12.1. The van der Waals surface area contributed by atoms with Crippen molar-refractivity contribution in [3.05, 3.63) is 39.7 Å². The standard InChI is InChI=1S/C17H22N2O2S/c1-4-14(10-20)19-16(21)9-15-17(18-12(3)22-15)13-7-5-11(2)6-8-13/h5-8,14,20H,4,9-10H2,1-3H3,(H,19,21). The highest BCUT2D eigenvalue weighted by Crippen LogP contribution is 2.28. The van der Waals surface area contributed by atoms with Gasteiger partial charge in [0.25, 0.3) is 0 Å². The zero-order valence-electron chi connectivity index (χ0n) is 13.2. The summed E-state index contributed by atoms with van der Waals surface area (Å²) < 4.78 is 0. The van der Waals surface area contributed by atoms with Gasteiger partial charge in [-0.2, -0.15) is 0 Å². The van der Waals surface area contributed by atoms with E-state index in [0.717, 1.165) is 27.6 Å². The number of hydrogen-bond donors (Lipinski definition) is 2. The second kappa shape index (κ2) is 7.51. The number of benzene rings is 1. The van der Waals surface area contributed by atoms with Crippen molar-refractivity contribution in [1.82, 2.24) is 10.3 Å². The molecule has 2 aromatic rings. The van der Waals surface area contributed by atoms with Gasteiger partial charge in [0, 0.05) is 10.4 Å². The molecule has 0 aliphatic heterocycles. The summed E-state index contributed by atoms with van der Waals surface area (Å²) >= 11 is 1.55. The van der Waals surface area contributed by atoms with E-state index in [1.54, 1.807) is 11.3 Å². The van der Waals surface area contributed by atoms with Crippen LogP contribution in [-0.2, 0) is 11.2 Å². The normalized spacial score (nSPS) is 12.2. The van der Waals surface area contributed by atoms with Crippen LogP contribution in [0, 0.1) is 13.8 Å². The molecule has 5 heteroatoms. The van der Waals surface area contributed by atoms with Crippen LogP contribution in [0.15, 0.2) is 24.3 Å². The summed E-state index contributed by atoms with van der Waals surface area (Å²) in [4.78, 5) is 17.7. The number of aliphatic hydroxyl groups excluding tert-OH is 1. The summed E-state index contributed by atoms with van der Waals surface area (Å²) in [7, 11) is 0. The fourth-order valence-corrected chi connectivity index (χ4v) is 3.18. The molecule has 0 radical (unpaired) electrons. The number of nitrogens with one attached hydrogen (secondary N) is 1. The van der Waals surface area contributed by atoms with Crippen LogP contribution in [0.25, 0.3) is 11.3 Å². The summed E-state index contributed by atoms with van der Waals surface area (Å²) in [6, 6.07) is 7.99. The van der Waals surface area contributed by atoms with E-state index in [-0.39, 0.29) is 18.6 Å². The van der Waals surface area contributed by atoms with Crippen molar-refractivity contribution in [2.45, 2.75) is 39.7 Å². The topological polar surface area (TPSA) is 62.2 Å². The van der Waals surface area contributed by atoms with Crippen molar-refractivity contribution < 1.29 is 9.90 Å². The Labute approximate surface area is 135 Å². The Morgan fingerprint density at radius 2 is 2.00 bits per heavy atom. The number of aryl methyl sites for hydroxylation is 2. The Kier molecular flexibility index (Phi) is 5.69. The first-order valence-corrected chi connectivity index (χ1v) is 8.28. The lowest BCUT2D eigenvalue weighted by Gasteiger charge is -2.13. The van der Waals surface area contributed by atoms with E-state index in [4.69, 9.17) is 0 Å². The zero-order chi connectivity index (χ0) is 16.1. The number of nitrogens with zero attached hydrogens (tertiary/aromatic N) is 1. The molecule has 2 N–H and O–H groups in total. The molecule has 0 saturated heterocycles. The van der Waals surface area contributed by atoms with Crippen molar-refractivity contribution in [2.24, 2.45) is 0 Å². The van der Waals surface area contributed by atoms with Crippen LogP contribution in [0.1, 0.15) is 28.8 Å². The van der Waals surface area contributed by atoms with Gasteiger partial charge < -0.3 is 10.4 Å². The van der Waals surface area contributed by atoms with Gasteiger partial charge in [-0.3, -0.25) is 4.79 Å². The van der Waals surface area contributed by atoms with E-state index in [9.17, 15) is 9.90 Å². The van der Waals surface area contributed by atoms with Gasteiger partial charge >= 0.3 is 0 Å². The van der Waals surface area contributed by atoms with E-state index in [2.05, 4.69) is 10.3 Å². The average molecular weight is 318 g/mol.